The zero-order valence-corrected chi connectivity index (χ0v) is 31.6. The Morgan fingerprint density at radius 2 is 1.62 bits per heavy atom. The van der Waals surface area contributed by atoms with Crippen LogP contribution in [0.4, 0.5) is 9.18 Å². The predicted octanol–water partition coefficient (Wildman–Crippen LogP) is 10.6. The van der Waals surface area contributed by atoms with Crippen molar-refractivity contribution < 1.29 is 23.5 Å². The molecule has 0 bridgehead atoms. The molecular formula is C42H62FNO4. The second kappa shape index (κ2) is 11.6. The van der Waals surface area contributed by atoms with Crippen molar-refractivity contribution in [3.05, 3.63) is 41.2 Å². The maximum Gasteiger partial charge on any atom is 0.408 e. The number of esters is 1. The van der Waals surface area contributed by atoms with E-state index in [-0.39, 0.29) is 38.9 Å². The third kappa shape index (κ3) is 5.19. The first kappa shape index (κ1) is 35.5. The first-order valence-electron chi connectivity index (χ1n) is 18.8. The summed E-state index contributed by atoms with van der Waals surface area (Å²) < 4.78 is 25.8. The van der Waals surface area contributed by atoms with E-state index < -0.39 is 17.4 Å². The number of hydrogen-bond acceptors (Lipinski definition) is 4. The molecule has 0 radical (unpaired) electrons. The van der Waals surface area contributed by atoms with Gasteiger partial charge in [0, 0.05) is 5.54 Å². The molecule has 1 aromatic carbocycles. The van der Waals surface area contributed by atoms with Crippen LogP contribution < -0.4 is 5.32 Å². The molecule has 1 aromatic rings. The predicted molar refractivity (Wildman–Crippen MR) is 190 cm³/mol. The number of amides is 1. The highest BCUT2D eigenvalue weighted by Crippen LogP contribution is 2.76. The molecule has 9 atom stereocenters. The van der Waals surface area contributed by atoms with Gasteiger partial charge in [-0.25, -0.2) is 14.0 Å². The van der Waals surface area contributed by atoms with Crippen molar-refractivity contribution >= 4 is 17.6 Å². The second-order valence-electron chi connectivity index (χ2n) is 19.2. The van der Waals surface area contributed by atoms with Crippen molar-refractivity contribution in [2.24, 2.45) is 57.2 Å². The van der Waals surface area contributed by atoms with E-state index in [1.165, 1.54) is 44.4 Å². The largest absolute Gasteiger partial charge is 0.465 e. The van der Waals surface area contributed by atoms with Crippen LogP contribution in [0, 0.1) is 63.0 Å². The zero-order valence-electron chi connectivity index (χ0n) is 31.6. The van der Waals surface area contributed by atoms with Gasteiger partial charge in [0.2, 0.25) is 0 Å². The number of nitrogens with one attached hydrogen (secondary N) is 1. The van der Waals surface area contributed by atoms with Crippen molar-refractivity contribution in [3.8, 4) is 0 Å². The highest BCUT2D eigenvalue weighted by molar-refractivity contribution is 5.90. The van der Waals surface area contributed by atoms with E-state index in [1.807, 2.05) is 26.8 Å². The first-order chi connectivity index (χ1) is 22.2. The van der Waals surface area contributed by atoms with E-state index in [0.29, 0.717) is 35.5 Å². The van der Waals surface area contributed by atoms with Gasteiger partial charge >= 0.3 is 12.1 Å². The molecule has 4 saturated carbocycles. The molecule has 0 spiro atoms. The highest BCUT2D eigenvalue weighted by Gasteiger charge is 2.70. The van der Waals surface area contributed by atoms with Gasteiger partial charge in [-0.3, -0.25) is 0 Å². The van der Waals surface area contributed by atoms with Gasteiger partial charge in [-0.15, -0.1) is 0 Å². The van der Waals surface area contributed by atoms with Crippen LogP contribution in [0.25, 0.3) is 5.57 Å². The van der Waals surface area contributed by atoms with E-state index in [9.17, 15) is 9.59 Å². The normalized spacial score (nSPS) is 40.1. The number of carbonyl (C=O) groups excluding carboxylic acids is 2. The van der Waals surface area contributed by atoms with Crippen LogP contribution >= 0.6 is 0 Å². The zero-order chi connectivity index (χ0) is 35.2. The SMILES string of the molecule is COC(=O)c1ccc(C2=CC[C@]3(C)[C@H]4CC[C@@H]5[C@H]6[C@H](C(C)C)CC[C@]6(NC(=O)OC(C)(C)C)CC[C@@]5(C)[C@]4(C)CC[C@H]3C2(C)C)cc1F. The highest BCUT2D eigenvalue weighted by atomic mass is 19.1. The third-order valence-electron chi connectivity index (χ3n) is 15.4. The maximum absolute atomic E-state index is 15.2. The van der Waals surface area contributed by atoms with Gasteiger partial charge in [-0.1, -0.05) is 60.6 Å². The lowest BCUT2D eigenvalue weighted by Crippen LogP contribution is -2.68. The summed E-state index contributed by atoms with van der Waals surface area (Å²) in [5.41, 5.74) is 1.73. The van der Waals surface area contributed by atoms with Gasteiger partial charge in [-0.2, -0.15) is 0 Å². The fraction of sp³-hybridized carbons (Fsp3) is 0.762. The summed E-state index contributed by atoms with van der Waals surface area (Å²) in [7, 11) is 1.29. The summed E-state index contributed by atoms with van der Waals surface area (Å²) in [6.07, 6.45) is 12.3. The fourth-order valence-corrected chi connectivity index (χ4v) is 13.2. The molecule has 0 aliphatic heterocycles. The molecule has 0 unspecified atom stereocenters. The molecule has 6 heteroatoms. The molecule has 266 valence electrons. The topological polar surface area (TPSA) is 64.6 Å². The number of alkyl carbamates (subject to hydrolysis) is 1. The number of benzene rings is 1. The van der Waals surface area contributed by atoms with Crippen molar-refractivity contribution in [1.29, 1.82) is 0 Å². The van der Waals surface area contributed by atoms with Crippen LogP contribution in [0.2, 0.25) is 0 Å². The summed E-state index contributed by atoms with van der Waals surface area (Å²) in [5, 5.41) is 3.55. The Balaban J connectivity index is 1.33. The molecule has 1 N–H and O–H groups in total. The molecule has 48 heavy (non-hydrogen) atoms. The number of allylic oxidation sites excluding steroid dienone is 2. The minimum Gasteiger partial charge on any atom is -0.465 e. The van der Waals surface area contributed by atoms with E-state index >= 15 is 4.39 Å². The lowest BCUT2D eigenvalue weighted by atomic mass is 9.33. The van der Waals surface area contributed by atoms with Gasteiger partial charge in [0.15, 0.2) is 0 Å². The molecular weight excluding hydrogens is 601 g/mol. The van der Waals surface area contributed by atoms with Crippen molar-refractivity contribution in [3.63, 3.8) is 0 Å². The number of carbonyl (C=O) groups is 2. The summed E-state index contributed by atoms with van der Waals surface area (Å²) in [6.45, 7) is 23.2. The van der Waals surface area contributed by atoms with Crippen LogP contribution in [0.5, 0.6) is 0 Å². The minimum absolute atomic E-state index is 0.0153. The number of hydrogen-bond donors (Lipinski definition) is 1. The fourth-order valence-electron chi connectivity index (χ4n) is 13.2. The van der Waals surface area contributed by atoms with E-state index in [2.05, 4.69) is 59.9 Å². The Labute approximate surface area is 289 Å². The minimum atomic E-state index is -0.642. The number of fused-ring (bicyclic) bond motifs is 7. The van der Waals surface area contributed by atoms with Crippen molar-refractivity contribution in [1.82, 2.24) is 5.32 Å². The van der Waals surface area contributed by atoms with Crippen LogP contribution in [0.15, 0.2) is 24.3 Å². The summed E-state index contributed by atoms with van der Waals surface area (Å²) >= 11 is 0. The molecule has 0 heterocycles. The molecule has 5 aliphatic rings. The van der Waals surface area contributed by atoms with E-state index in [1.54, 1.807) is 6.07 Å². The smallest absolute Gasteiger partial charge is 0.408 e. The van der Waals surface area contributed by atoms with E-state index in [4.69, 9.17) is 9.47 Å². The Kier molecular flexibility index (Phi) is 8.56. The van der Waals surface area contributed by atoms with Gasteiger partial charge in [0.1, 0.15) is 11.4 Å². The molecule has 6 rings (SSSR count). The lowest BCUT2D eigenvalue weighted by Gasteiger charge is -2.72. The lowest BCUT2D eigenvalue weighted by molar-refractivity contribution is -0.221. The second-order valence-corrected chi connectivity index (χ2v) is 19.2. The molecule has 5 nitrogen and oxygen atoms in total. The monoisotopic (exact) mass is 663 g/mol. The van der Waals surface area contributed by atoms with Gasteiger partial charge in [-0.05, 0) is 159 Å². The Hall–Kier alpha value is -2.37. The first-order valence-corrected chi connectivity index (χ1v) is 18.8. The van der Waals surface area contributed by atoms with Gasteiger partial charge < -0.3 is 14.8 Å². The third-order valence-corrected chi connectivity index (χ3v) is 15.4. The molecule has 4 fully saturated rings. The summed E-state index contributed by atoms with van der Waals surface area (Å²) in [5.74, 6) is 2.10. The Morgan fingerprint density at radius 3 is 2.25 bits per heavy atom. The molecule has 5 aliphatic carbocycles. The van der Waals surface area contributed by atoms with Crippen LogP contribution in [-0.4, -0.2) is 30.3 Å². The number of ether oxygens (including phenoxy) is 2. The number of methoxy groups -OCH3 is 1. The molecule has 1 amide bonds. The van der Waals surface area contributed by atoms with Gasteiger partial charge in [0.25, 0.3) is 0 Å². The summed E-state index contributed by atoms with van der Waals surface area (Å²) in [4.78, 5) is 25.5. The Morgan fingerprint density at radius 1 is 0.917 bits per heavy atom. The quantitative estimate of drug-likeness (QED) is 0.326. The van der Waals surface area contributed by atoms with Crippen LogP contribution in [0.1, 0.15) is 143 Å². The Bertz CT molecular complexity index is 1490. The average molecular weight is 664 g/mol. The van der Waals surface area contributed by atoms with Gasteiger partial charge in [0.05, 0.1) is 12.7 Å². The molecule has 0 saturated heterocycles. The summed E-state index contributed by atoms with van der Waals surface area (Å²) in [6, 6.07) is 5.01. The van der Waals surface area contributed by atoms with Crippen molar-refractivity contribution in [2.75, 3.05) is 7.11 Å². The maximum atomic E-state index is 15.2. The van der Waals surface area contributed by atoms with E-state index in [0.717, 1.165) is 37.7 Å². The number of halogens is 1. The average Bonchev–Trinajstić information content (AvgIpc) is 3.35. The number of rotatable bonds is 4. The van der Waals surface area contributed by atoms with Crippen LogP contribution in [-0.2, 0) is 9.47 Å². The van der Waals surface area contributed by atoms with Crippen LogP contribution in [0.3, 0.4) is 0 Å². The molecule has 0 aromatic heterocycles. The standard InChI is InChI=1S/C42H62FNO4/c1-25(2)27-16-21-42(44-36(46)48-37(3,4)5)23-22-40(9)30(34(27)42)14-15-33-39(8)19-17-29(38(6,7)32(39)18-20-41(33,40)10)26-12-13-28(31(43)24-26)35(45)47-11/h12-13,17,24-25,27,30,32-34H,14-16,18-23H2,1-11H3,(H,44,46)/t27-,30+,32-,33+,34+,39-,40+,41+,42-/m0/s1. The van der Waals surface area contributed by atoms with Crippen molar-refractivity contribution in [2.45, 2.75) is 138 Å².